The van der Waals surface area contributed by atoms with E-state index in [0.29, 0.717) is 10.8 Å². The highest BCUT2D eigenvalue weighted by molar-refractivity contribution is 6.31. The van der Waals surface area contributed by atoms with Crippen molar-refractivity contribution in [1.29, 1.82) is 0 Å². The van der Waals surface area contributed by atoms with Gasteiger partial charge in [-0.3, -0.25) is 4.79 Å². The molecule has 1 aliphatic rings. The molecular formula is C17H22ClN5O2. The number of amides is 1. The molecule has 1 heterocycles. The third kappa shape index (κ3) is 3.67. The number of carbonyl (C=O) groups excluding carboxylic acids is 1. The summed E-state index contributed by atoms with van der Waals surface area (Å²) in [5.74, 6) is 0.470. The summed E-state index contributed by atoms with van der Waals surface area (Å²) in [7, 11) is 1.51. The molecule has 0 atom stereocenters. The zero-order chi connectivity index (χ0) is 17.9. The first-order valence-corrected chi connectivity index (χ1v) is 8.79. The normalized spacial score (nSPS) is 16.6. The van der Waals surface area contributed by atoms with Crippen LogP contribution in [0.2, 0.25) is 5.02 Å². The molecule has 3 rings (SSSR count). The number of rotatable bonds is 5. The Morgan fingerprint density at radius 1 is 1.36 bits per heavy atom. The molecule has 0 saturated heterocycles. The second-order valence-corrected chi connectivity index (χ2v) is 6.88. The third-order valence-electron chi connectivity index (χ3n) is 4.66. The lowest BCUT2D eigenvalue weighted by atomic mass is 9.80. The number of nitrogens with zero attached hydrogens (tertiary/aromatic N) is 4. The number of nitrogens with one attached hydrogen (secondary N) is 1. The van der Waals surface area contributed by atoms with Gasteiger partial charge in [0.15, 0.2) is 5.82 Å². The summed E-state index contributed by atoms with van der Waals surface area (Å²) in [5.41, 5.74) is 1.18. The topological polar surface area (TPSA) is 81.9 Å². The monoisotopic (exact) mass is 363 g/mol. The van der Waals surface area contributed by atoms with E-state index < -0.39 is 5.54 Å². The molecule has 1 N–H and O–H groups in total. The van der Waals surface area contributed by atoms with Gasteiger partial charge in [0.25, 0.3) is 0 Å². The molecule has 0 bridgehead atoms. The molecule has 8 heteroatoms. The molecule has 1 amide bonds. The number of aromatic nitrogens is 4. The lowest BCUT2D eigenvalue weighted by Gasteiger charge is -2.36. The average molecular weight is 364 g/mol. The maximum atomic E-state index is 12.2. The van der Waals surface area contributed by atoms with Gasteiger partial charge in [0.1, 0.15) is 12.1 Å². The van der Waals surface area contributed by atoms with Gasteiger partial charge in [-0.25, -0.2) is 0 Å². The number of hydrogen-bond acceptors (Lipinski definition) is 5. The number of carbonyl (C=O) groups is 1. The third-order valence-corrected chi connectivity index (χ3v) is 5.07. The number of methoxy groups -OCH3 is 1. The van der Waals surface area contributed by atoms with E-state index in [1.54, 1.807) is 4.68 Å². The highest BCUT2D eigenvalue weighted by Gasteiger charge is 2.40. The van der Waals surface area contributed by atoms with Gasteiger partial charge in [-0.05, 0) is 47.9 Å². The Morgan fingerprint density at radius 3 is 2.80 bits per heavy atom. The summed E-state index contributed by atoms with van der Waals surface area (Å²) in [6, 6.07) is 5.69. The van der Waals surface area contributed by atoms with Crippen LogP contribution in [-0.2, 0) is 15.1 Å². The molecule has 0 radical (unpaired) electrons. The van der Waals surface area contributed by atoms with Crippen LogP contribution >= 0.6 is 11.6 Å². The van der Waals surface area contributed by atoms with E-state index in [1.807, 2.05) is 25.1 Å². The maximum absolute atomic E-state index is 12.2. The summed E-state index contributed by atoms with van der Waals surface area (Å²) in [6.45, 7) is 1.96. The molecule has 1 aliphatic carbocycles. The first-order valence-electron chi connectivity index (χ1n) is 8.41. The lowest BCUT2D eigenvalue weighted by molar-refractivity contribution is -0.127. The number of hydrogen-bond donors (Lipinski definition) is 1. The predicted octanol–water partition coefficient (Wildman–Crippen LogP) is 2.55. The van der Waals surface area contributed by atoms with Crippen LogP contribution in [0.25, 0.3) is 5.69 Å². The van der Waals surface area contributed by atoms with Crippen LogP contribution in [0, 0.1) is 6.92 Å². The van der Waals surface area contributed by atoms with Gasteiger partial charge in [-0.2, -0.15) is 4.68 Å². The van der Waals surface area contributed by atoms with E-state index in [2.05, 4.69) is 20.8 Å². The van der Waals surface area contributed by atoms with Crippen LogP contribution in [-0.4, -0.2) is 39.8 Å². The Kier molecular flexibility index (Phi) is 5.34. The molecule has 25 heavy (non-hydrogen) atoms. The minimum absolute atomic E-state index is 0.0136. The Morgan fingerprint density at radius 2 is 2.12 bits per heavy atom. The van der Waals surface area contributed by atoms with Crippen molar-refractivity contribution in [1.82, 2.24) is 25.5 Å². The van der Waals surface area contributed by atoms with Crippen molar-refractivity contribution in [2.45, 2.75) is 44.6 Å². The smallest absolute Gasteiger partial charge is 0.246 e. The molecule has 2 aromatic rings. The molecule has 1 fully saturated rings. The molecule has 0 unspecified atom stereocenters. The molecule has 1 saturated carbocycles. The zero-order valence-electron chi connectivity index (χ0n) is 14.5. The lowest BCUT2D eigenvalue weighted by Crippen LogP contribution is -2.50. The molecule has 7 nitrogen and oxygen atoms in total. The minimum Gasteiger partial charge on any atom is -0.375 e. The summed E-state index contributed by atoms with van der Waals surface area (Å²) < 4.78 is 6.63. The van der Waals surface area contributed by atoms with Crippen LogP contribution in [0.4, 0.5) is 0 Å². The minimum atomic E-state index is -0.589. The van der Waals surface area contributed by atoms with E-state index in [4.69, 9.17) is 16.3 Å². The summed E-state index contributed by atoms with van der Waals surface area (Å²) >= 11 is 6.26. The first-order chi connectivity index (χ1) is 12.1. The molecule has 0 aliphatic heterocycles. The highest BCUT2D eigenvalue weighted by atomic mass is 35.5. The number of halogens is 1. The number of ether oxygens (including phenoxy) is 1. The van der Waals surface area contributed by atoms with Crippen LogP contribution in [0.1, 0.15) is 43.5 Å². The number of aryl methyl sites for hydroxylation is 1. The van der Waals surface area contributed by atoms with Crippen molar-refractivity contribution < 1.29 is 9.53 Å². The van der Waals surface area contributed by atoms with Gasteiger partial charge in [0.05, 0.1) is 5.69 Å². The maximum Gasteiger partial charge on any atom is 0.246 e. The number of benzene rings is 1. The summed E-state index contributed by atoms with van der Waals surface area (Å²) in [5, 5.41) is 16.0. The van der Waals surface area contributed by atoms with Gasteiger partial charge in [0.2, 0.25) is 5.91 Å². The Hall–Kier alpha value is -1.99. The summed E-state index contributed by atoms with van der Waals surface area (Å²) in [6.07, 6.45) is 4.74. The number of tetrazole rings is 1. The van der Waals surface area contributed by atoms with Crippen molar-refractivity contribution >= 4 is 17.5 Å². The van der Waals surface area contributed by atoms with E-state index in [1.165, 1.54) is 7.11 Å². The van der Waals surface area contributed by atoms with Crippen molar-refractivity contribution in [3.8, 4) is 5.69 Å². The van der Waals surface area contributed by atoms with Crippen molar-refractivity contribution in [2.75, 3.05) is 13.7 Å². The van der Waals surface area contributed by atoms with E-state index in [-0.39, 0.29) is 12.5 Å². The van der Waals surface area contributed by atoms with Gasteiger partial charge in [-0.15, -0.1) is 5.10 Å². The first kappa shape index (κ1) is 17.8. The standard InChI is InChI=1S/C17H22ClN5O2/c1-12-6-7-13(10-14(12)18)23-16(20-21-22-23)17(8-4-3-5-9-17)19-15(24)11-25-2/h6-7,10H,3-5,8-9,11H2,1-2H3,(H,19,24). The second kappa shape index (κ2) is 7.49. The molecule has 1 aromatic carbocycles. The van der Waals surface area contributed by atoms with Crippen LogP contribution in [0.15, 0.2) is 18.2 Å². The van der Waals surface area contributed by atoms with Gasteiger partial charge < -0.3 is 10.1 Å². The van der Waals surface area contributed by atoms with E-state index >= 15 is 0 Å². The van der Waals surface area contributed by atoms with Gasteiger partial charge in [-0.1, -0.05) is 36.9 Å². The SMILES string of the molecule is COCC(=O)NC1(c2nnnn2-c2ccc(C)c(Cl)c2)CCCCC1. The molecule has 134 valence electrons. The van der Waals surface area contributed by atoms with Crippen molar-refractivity contribution in [3.63, 3.8) is 0 Å². The van der Waals surface area contributed by atoms with Crippen molar-refractivity contribution in [2.24, 2.45) is 0 Å². The largest absolute Gasteiger partial charge is 0.375 e. The zero-order valence-corrected chi connectivity index (χ0v) is 15.2. The summed E-state index contributed by atoms with van der Waals surface area (Å²) in [4.78, 5) is 12.2. The van der Waals surface area contributed by atoms with Gasteiger partial charge >= 0.3 is 0 Å². The highest BCUT2D eigenvalue weighted by Crippen LogP contribution is 2.36. The fraction of sp³-hybridized carbons (Fsp3) is 0.529. The Labute approximate surface area is 151 Å². The van der Waals surface area contributed by atoms with E-state index in [0.717, 1.165) is 43.4 Å². The Bertz CT molecular complexity index is 755. The fourth-order valence-electron chi connectivity index (χ4n) is 3.37. The van der Waals surface area contributed by atoms with Crippen molar-refractivity contribution in [3.05, 3.63) is 34.6 Å². The van der Waals surface area contributed by atoms with Crippen LogP contribution < -0.4 is 5.32 Å². The second-order valence-electron chi connectivity index (χ2n) is 6.47. The van der Waals surface area contributed by atoms with Crippen LogP contribution in [0.3, 0.4) is 0 Å². The molecular weight excluding hydrogens is 342 g/mol. The quantitative estimate of drug-likeness (QED) is 0.882. The molecule has 1 aromatic heterocycles. The van der Waals surface area contributed by atoms with Gasteiger partial charge in [0, 0.05) is 12.1 Å². The predicted molar refractivity (Wildman–Crippen MR) is 93.7 cm³/mol. The fourth-order valence-corrected chi connectivity index (χ4v) is 3.54. The average Bonchev–Trinajstić information content (AvgIpc) is 3.09. The van der Waals surface area contributed by atoms with Crippen LogP contribution in [0.5, 0.6) is 0 Å². The molecule has 0 spiro atoms. The van der Waals surface area contributed by atoms with E-state index in [9.17, 15) is 4.79 Å². The Balaban J connectivity index is 2.01.